The molecule has 0 aromatic carbocycles. The van der Waals surface area contributed by atoms with Crippen LogP contribution in [-0.2, 0) is 14.8 Å². The van der Waals surface area contributed by atoms with Gasteiger partial charge in [-0.2, -0.15) is 4.31 Å². The van der Waals surface area contributed by atoms with Crippen LogP contribution in [0, 0.1) is 6.92 Å². The van der Waals surface area contributed by atoms with Gasteiger partial charge in [-0.05, 0) is 31.4 Å². The van der Waals surface area contributed by atoms with Crippen molar-refractivity contribution in [3.8, 4) is 0 Å². The average Bonchev–Trinajstić information content (AvgIpc) is 2.71. The second-order valence-corrected chi connectivity index (χ2v) is 8.20. The van der Waals surface area contributed by atoms with Crippen LogP contribution in [0.1, 0.15) is 18.4 Å². The summed E-state index contributed by atoms with van der Waals surface area (Å²) in [6.45, 7) is 2.52. The number of rotatable bonds is 3. The van der Waals surface area contributed by atoms with Gasteiger partial charge in [0.05, 0.1) is 10.4 Å². The van der Waals surface area contributed by atoms with Crippen LogP contribution in [-0.4, -0.2) is 37.9 Å². The van der Waals surface area contributed by atoms with Crippen LogP contribution in [0.5, 0.6) is 0 Å². The normalized spacial score (nSPS) is 18.2. The first kappa shape index (κ1) is 14.7. The van der Waals surface area contributed by atoms with Gasteiger partial charge in [-0.15, -0.1) is 11.3 Å². The molecule has 2 heterocycles. The maximum atomic E-state index is 12.4. The minimum Gasteiger partial charge on any atom is -0.211 e. The van der Waals surface area contributed by atoms with Crippen molar-refractivity contribution < 1.29 is 13.2 Å². The number of piperidine rings is 1. The molecule has 0 saturated carbocycles. The van der Waals surface area contributed by atoms with Crippen LogP contribution in [0.4, 0.5) is 0 Å². The zero-order chi connectivity index (χ0) is 14.0. The first-order chi connectivity index (χ1) is 8.95. The Hall–Kier alpha value is -0.720. The molecule has 5 nitrogen and oxygen atoms in total. The summed E-state index contributed by atoms with van der Waals surface area (Å²) >= 11 is 6.99. The lowest BCUT2D eigenvalue weighted by Crippen LogP contribution is -2.39. The summed E-state index contributed by atoms with van der Waals surface area (Å²) in [7, 11) is -3.47. The highest BCUT2D eigenvalue weighted by atomic mass is 35.5. The minimum atomic E-state index is -3.47. The summed E-state index contributed by atoms with van der Waals surface area (Å²) < 4.78 is 27.0. The van der Waals surface area contributed by atoms with Crippen LogP contribution in [0.2, 0.25) is 4.34 Å². The van der Waals surface area contributed by atoms with Gasteiger partial charge in [-0.25, -0.2) is 18.2 Å². The first-order valence-electron chi connectivity index (χ1n) is 5.78. The largest absolute Gasteiger partial charge is 0.252 e. The highest BCUT2D eigenvalue weighted by Gasteiger charge is 2.30. The zero-order valence-electron chi connectivity index (χ0n) is 10.3. The van der Waals surface area contributed by atoms with E-state index in [0.717, 1.165) is 16.9 Å². The second kappa shape index (κ2) is 5.73. The number of aliphatic imine (C=N–C) groups is 1. The lowest BCUT2D eigenvalue weighted by molar-refractivity contribution is 0.321. The van der Waals surface area contributed by atoms with Crippen molar-refractivity contribution >= 4 is 39.0 Å². The summed E-state index contributed by atoms with van der Waals surface area (Å²) in [6.07, 6.45) is 2.62. The molecule has 0 bridgehead atoms. The van der Waals surface area contributed by atoms with Gasteiger partial charge >= 0.3 is 0 Å². The zero-order valence-corrected chi connectivity index (χ0v) is 12.7. The van der Waals surface area contributed by atoms with E-state index in [9.17, 15) is 13.2 Å². The van der Waals surface area contributed by atoms with E-state index in [2.05, 4.69) is 4.99 Å². The maximum Gasteiger partial charge on any atom is 0.252 e. The summed E-state index contributed by atoms with van der Waals surface area (Å²) in [5.74, 6) is 0. The molecule has 1 aliphatic heterocycles. The Balaban J connectivity index is 2.16. The minimum absolute atomic E-state index is 0.113. The van der Waals surface area contributed by atoms with Crippen molar-refractivity contribution in [2.75, 3.05) is 13.1 Å². The van der Waals surface area contributed by atoms with Crippen molar-refractivity contribution in [3.05, 3.63) is 16.0 Å². The standard InChI is InChI=1S/C11H13ClN2O3S2/c1-8-6-10(18-11(8)12)19(16,17)14-4-2-9(3-5-14)13-7-15/h6,9H,2-5H2,1H3. The molecule has 0 radical (unpaired) electrons. The summed E-state index contributed by atoms with van der Waals surface area (Å²) in [6, 6.07) is 1.48. The van der Waals surface area contributed by atoms with Gasteiger partial charge in [-0.3, -0.25) is 0 Å². The molecule has 0 atom stereocenters. The topological polar surface area (TPSA) is 66.8 Å². The molecule has 1 saturated heterocycles. The van der Waals surface area contributed by atoms with Crippen LogP contribution >= 0.6 is 22.9 Å². The van der Waals surface area contributed by atoms with Gasteiger partial charge < -0.3 is 0 Å². The summed E-state index contributed by atoms with van der Waals surface area (Å²) in [4.78, 5) is 13.8. The van der Waals surface area contributed by atoms with Crippen LogP contribution in [0.3, 0.4) is 0 Å². The second-order valence-electron chi connectivity index (χ2n) is 4.38. The van der Waals surface area contributed by atoms with Gasteiger partial charge in [0.15, 0.2) is 0 Å². The Morgan fingerprint density at radius 3 is 2.58 bits per heavy atom. The maximum absolute atomic E-state index is 12.4. The molecule has 0 amide bonds. The number of thiophene rings is 1. The van der Waals surface area contributed by atoms with Crippen molar-refractivity contribution in [2.24, 2.45) is 4.99 Å². The quantitative estimate of drug-likeness (QED) is 0.633. The Labute approximate surface area is 121 Å². The molecule has 0 spiro atoms. The molecule has 0 unspecified atom stereocenters. The lowest BCUT2D eigenvalue weighted by Gasteiger charge is -2.28. The predicted octanol–water partition coefficient (Wildman–Crippen LogP) is 2.20. The number of aryl methyl sites for hydroxylation is 1. The molecular weight excluding hydrogens is 308 g/mol. The Bertz CT molecular complexity index is 592. The number of hydrogen-bond donors (Lipinski definition) is 0. The van der Waals surface area contributed by atoms with E-state index in [1.54, 1.807) is 13.0 Å². The van der Waals surface area contributed by atoms with Gasteiger partial charge in [-0.1, -0.05) is 11.6 Å². The molecule has 1 aromatic heterocycles. The van der Waals surface area contributed by atoms with Gasteiger partial charge in [0, 0.05) is 13.1 Å². The van der Waals surface area contributed by atoms with Crippen molar-refractivity contribution in [1.82, 2.24) is 4.31 Å². The monoisotopic (exact) mass is 320 g/mol. The third-order valence-corrected chi connectivity index (χ3v) is 6.99. The van der Waals surface area contributed by atoms with Crippen molar-refractivity contribution in [3.63, 3.8) is 0 Å². The molecule has 2 rings (SSSR count). The van der Waals surface area contributed by atoms with E-state index in [-0.39, 0.29) is 10.3 Å². The highest BCUT2D eigenvalue weighted by Crippen LogP contribution is 2.33. The molecule has 19 heavy (non-hydrogen) atoms. The molecule has 1 aliphatic rings. The van der Waals surface area contributed by atoms with Crippen LogP contribution < -0.4 is 0 Å². The molecule has 104 valence electrons. The number of isocyanates is 1. The Kier molecular flexibility index (Phi) is 4.43. The molecule has 8 heteroatoms. The van der Waals surface area contributed by atoms with E-state index in [4.69, 9.17) is 11.6 Å². The van der Waals surface area contributed by atoms with E-state index >= 15 is 0 Å². The van der Waals surface area contributed by atoms with Gasteiger partial charge in [0.2, 0.25) is 6.08 Å². The fraction of sp³-hybridized carbons (Fsp3) is 0.545. The van der Waals surface area contributed by atoms with E-state index in [1.165, 1.54) is 10.4 Å². The SMILES string of the molecule is Cc1cc(S(=O)(=O)N2CCC(N=C=O)CC2)sc1Cl. The van der Waals surface area contributed by atoms with Crippen LogP contribution in [0.25, 0.3) is 0 Å². The fourth-order valence-electron chi connectivity index (χ4n) is 1.97. The number of carbonyl (C=O) groups excluding carboxylic acids is 1. The summed E-state index contributed by atoms with van der Waals surface area (Å²) in [5.41, 5.74) is 0.769. The highest BCUT2D eigenvalue weighted by molar-refractivity contribution is 7.91. The Morgan fingerprint density at radius 1 is 1.47 bits per heavy atom. The average molecular weight is 321 g/mol. The molecular formula is C11H13ClN2O3S2. The number of nitrogens with zero attached hydrogens (tertiary/aromatic N) is 2. The van der Waals surface area contributed by atoms with Crippen molar-refractivity contribution in [1.29, 1.82) is 0 Å². The van der Waals surface area contributed by atoms with Crippen LogP contribution in [0.15, 0.2) is 15.3 Å². The summed E-state index contributed by atoms with van der Waals surface area (Å²) in [5, 5.41) is 0. The number of sulfonamides is 1. The third-order valence-electron chi connectivity index (χ3n) is 3.09. The fourth-order valence-corrected chi connectivity index (χ4v) is 5.30. The van der Waals surface area contributed by atoms with E-state index in [1.807, 2.05) is 0 Å². The molecule has 1 aromatic rings. The molecule has 0 aliphatic carbocycles. The molecule has 0 N–H and O–H groups in total. The van der Waals surface area contributed by atoms with E-state index in [0.29, 0.717) is 30.3 Å². The Morgan fingerprint density at radius 2 is 2.11 bits per heavy atom. The number of hydrogen-bond acceptors (Lipinski definition) is 5. The van der Waals surface area contributed by atoms with Gasteiger partial charge in [0.1, 0.15) is 4.21 Å². The molecule has 1 fully saturated rings. The van der Waals surface area contributed by atoms with E-state index < -0.39 is 10.0 Å². The third kappa shape index (κ3) is 3.07. The predicted molar refractivity (Wildman–Crippen MR) is 74.0 cm³/mol. The lowest BCUT2D eigenvalue weighted by atomic mass is 10.1. The van der Waals surface area contributed by atoms with Crippen molar-refractivity contribution in [2.45, 2.75) is 30.0 Å². The first-order valence-corrected chi connectivity index (χ1v) is 8.41. The number of halogens is 1. The van der Waals surface area contributed by atoms with Gasteiger partial charge in [0.25, 0.3) is 10.0 Å². The smallest absolute Gasteiger partial charge is 0.211 e.